The van der Waals surface area contributed by atoms with Crippen molar-refractivity contribution in [3.63, 3.8) is 0 Å². The molecule has 0 aliphatic carbocycles. The highest BCUT2D eigenvalue weighted by atomic mass is 19.1. The number of aromatic nitrogens is 1. The lowest BCUT2D eigenvalue weighted by molar-refractivity contribution is 0.0600. The first kappa shape index (κ1) is 13.3. The predicted octanol–water partition coefficient (Wildman–Crippen LogP) is 3.14. The van der Waals surface area contributed by atoms with Crippen LogP contribution in [0.4, 0.5) is 4.39 Å². The molecule has 1 heterocycles. The van der Waals surface area contributed by atoms with Gasteiger partial charge < -0.3 is 9.15 Å². The molecule has 4 nitrogen and oxygen atoms in total. The molecule has 0 saturated carbocycles. The fourth-order valence-electron chi connectivity index (χ4n) is 1.90. The van der Waals surface area contributed by atoms with E-state index in [1.807, 2.05) is 6.92 Å². The number of hydrogen-bond acceptors (Lipinski definition) is 4. The fraction of sp³-hybridized carbons (Fsp3) is 0.286. The summed E-state index contributed by atoms with van der Waals surface area (Å²) in [7, 11) is 1.25. The first-order valence-electron chi connectivity index (χ1n) is 5.90. The average Bonchev–Trinajstić information content (AvgIpc) is 2.78. The summed E-state index contributed by atoms with van der Waals surface area (Å²) in [6.45, 7) is 3.65. The number of halogens is 1. The van der Waals surface area contributed by atoms with Gasteiger partial charge in [0.1, 0.15) is 17.3 Å². The van der Waals surface area contributed by atoms with Crippen molar-refractivity contribution in [2.75, 3.05) is 7.11 Å². The molecular weight excluding hydrogens is 249 g/mol. The van der Waals surface area contributed by atoms with E-state index in [4.69, 9.17) is 4.42 Å². The molecule has 0 amide bonds. The summed E-state index contributed by atoms with van der Waals surface area (Å²) < 4.78 is 23.6. The zero-order valence-electron chi connectivity index (χ0n) is 11.0. The molecule has 2 aromatic rings. The van der Waals surface area contributed by atoms with Crippen molar-refractivity contribution < 1.29 is 18.3 Å². The molecule has 0 radical (unpaired) electrons. The number of methoxy groups -OCH3 is 1. The summed E-state index contributed by atoms with van der Waals surface area (Å²) in [6.07, 6.45) is 0.639. The molecule has 100 valence electrons. The summed E-state index contributed by atoms with van der Waals surface area (Å²) in [5, 5.41) is 0. The monoisotopic (exact) mass is 263 g/mol. The molecule has 0 aliphatic rings. The molecule has 1 aromatic heterocycles. The number of rotatable bonds is 3. The molecule has 5 heteroatoms. The maximum atomic E-state index is 13.6. The third-order valence-corrected chi connectivity index (χ3v) is 2.72. The van der Waals surface area contributed by atoms with Crippen LogP contribution >= 0.6 is 0 Å². The Morgan fingerprint density at radius 1 is 1.42 bits per heavy atom. The molecule has 0 saturated heterocycles. The Morgan fingerprint density at radius 3 is 2.79 bits per heavy atom. The van der Waals surface area contributed by atoms with E-state index in [9.17, 15) is 9.18 Å². The smallest absolute Gasteiger partial charge is 0.337 e. The normalized spacial score (nSPS) is 10.5. The van der Waals surface area contributed by atoms with Crippen LogP contribution in [-0.4, -0.2) is 18.1 Å². The van der Waals surface area contributed by atoms with Gasteiger partial charge in [-0.15, -0.1) is 0 Å². The van der Waals surface area contributed by atoms with E-state index in [1.54, 1.807) is 13.0 Å². The van der Waals surface area contributed by atoms with Gasteiger partial charge in [-0.1, -0.05) is 6.92 Å². The van der Waals surface area contributed by atoms with Crippen LogP contribution in [0.3, 0.4) is 0 Å². The summed E-state index contributed by atoms with van der Waals surface area (Å²) in [4.78, 5) is 15.7. The topological polar surface area (TPSA) is 52.3 Å². The summed E-state index contributed by atoms with van der Waals surface area (Å²) in [5.74, 6) is 0.0780. The van der Waals surface area contributed by atoms with Crippen LogP contribution in [0.25, 0.3) is 11.3 Å². The largest absolute Gasteiger partial charge is 0.465 e. The summed E-state index contributed by atoms with van der Waals surface area (Å²) in [6, 6.07) is 4.00. The van der Waals surface area contributed by atoms with Gasteiger partial charge in [-0.2, -0.15) is 0 Å². The minimum Gasteiger partial charge on any atom is -0.465 e. The molecule has 0 N–H and O–H groups in total. The maximum absolute atomic E-state index is 13.6. The van der Waals surface area contributed by atoms with E-state index in [0.29, 0.717) is 29.3 Å². The van der Waals surface area contributed by atoms with Crippen LogP contribution < -0.4 is 0 Å². The van der Waals surface area contributed by atoms with Crippen molar-refractivity contribution in [2.45, 2.75) is 20.3 Å². The van der Waals surface area contributed by atoms with E-state index in [-0.39, 0.29) is 5.56 Å². The molecule has 0 spiro atoms. The predicted molar refractivity (Wildman–Crippen MR) is 67.4 cm³/mol. The van der Waals surface area contributed by atoms with Gasteiger partial charge in [0.25, 0.3) is 0 Å². The second kappa shape index (κ2) is 5.22. The Labute approximate surface area is 110 Å². The van der Waals surface area contributed by atoms with Crippen LogP contribution in [0.2, 0.25) is 0 Å². The van der Waals surface area contributed by atoms with Gasteiger partial charge in [0.2, 0.25) is 0 Å². The van der Waals surface area contributed by atoms with Gasteiger partial charge in [0, 0.05) is 18.9 Å². The highest BCUT2D eigenvalue weighted by molar-refractivity contribution is 5.90. The lowest BCUT2D eigenvalue weighted by Gasteiger charge is -2.04. The number of esters is 1. The lowest BCUT2D eigenvalue weighted by atomic mass is 10.1. The molecular formula is C14H14FNO3. The van der Waals surface area contributed by atoms with E-state index < -0.39 is 11.8 Å². The third kappa shape index (κ3) is 2.65. The van der Waals surface area contributed by atoms with Gasteiger partial charge >= 0.3 is 5.97 Å². The van der Waals surface area contributed by atoms with Crippen molar-refractivity contribution in [3.8, 4) is 11.3 Å². The van der Waals surface area contributed by atoms with Crippen molar-refractivity contribution in [3.05, 3.63) is 41.2 Å². The molecule has 0 aliphatic heterocycles. The van der Waals surface area contributed by atoms with Crippen LogP contribution in [0.1, 0.15) is 28.9 Å². The minimum absolute atomic E-state index is 0.153. The lowest BCUT2D eigenvalue weighted by Crippen LogP contribution is -2.02. The molecule has 0 fully saturated rings. The number of carbonyl (C=O) groups excluding carboxylic acids is 1. The highest BCUT2D eigenvalue weighted by Gasteiger charge is 2.15. The zero-order chi connectivity index (χ0) is 14.0. The number of oxazole rings is 1. The number of nitrogens with zero attached hydrogens (tertiary/aromatic N) is 1. The Morgan fingerprint density at radius 2 is 2.16 bits per heavy atom. The first-order valence-corrected chi connectivity index (χ1v) is 5.90. The number of aryl methyl sites for hydroxylation is 2. The second-order valence-electron chi connectivity index (χ2n) is 4.08. The molecule has 0 unspecified atom stereocenters. The Balaban J connectivity index is 2.55. The number of hydrogen-bond donors (Lipinski definition) is 0. The van der Waals surface area contributed by atoms with Gasteiger partial charge in [0.05, 0.1) is 12.7 Å². The van der Waals surface area contributed by atoms with Crippen LogP contribution in [-0.2, 0) is 11.2 Å². The molecule has 0 bridgehead atoms. The van der Waals surface area contributed by atoms with Gasteiger partial charge in [0.15, 0.2) is 5.89 Å². The fourth-order valence-corrected chi connectivity index (χ4v) is 1.90. The van der Waals surface area contributed by atoms with Crippen molar-refractivity contribution >= 4 is 5.97 Å². The van der Waals surface area contributed by atoms with E-state index in [1.165, 1.54) is 13.2 Å². The van der Waals surface area contributed by atoms with Crippen LogP contribution in [0.15, 0.2) is 22.6 Å². The standard InChI is InChI=1S/C14H14FNO3/c1-4-12-13(16-8(2)19-12)9-5-10(14(17)18-3)7-11(15)6-9/h5-7H,4H2,1-3H3. The SMILES string of the molecule is CCc1oc(C)nc1-c1cc(F)cc(C(=O)OC)c1. The zero-order valence-corrected chi connectivity index (χ0v) is 11.0. The number of carbonyl (C=O) groups is 1. The molecule has 1 aromatic carbocycles. The van der Waals surface area contributed by atoms with Crippen LogP contribution in [0.5, 0.6) is 0 Å². The Hall–Kier alpha value is -2.17. The van der Waals surface area contributed by atoms with Crippen LogP contribution in [0, 0.1) is 12.7 Å². The Bertz CT molecular complexity index is 619. The molecule has 0 atom stereocenters. The van der Waals surface area contributed by atoms with Crippen molar-refractivity contribution in [1.82, 2.24) is 4.98 Å². The first-order chi connectivity index (χ1) is 9.05. The van der Waals surface area contributed by atoms with Gasteiger partial charge in [-0.25, -0.2) is 14.2 Å². The second-order valence-corrected chi connectivity index (χ2v) is 4.08. The average molecular weight is 263 g/mol. The van der Waals surface area contributed by atoms with E-state index in [2.05, 4.69) is 9.72 Å². The molecule has 2 rings (SSSR count). The Kier molecular flexibility index (Phi) is 3.64. The maximum Gasteiger partial charge on any atom is 0.337 e. The number of benzene rings is 1. The quantitative estimate of drug-likeness (QED) is 0.798. The third-order valence-electron chi connectivity index (χ3n) is 2.72. The van der Waals surface area contributed by atoms with Gasteiger partial charge in [-0.05, 0) is 18.2 Å². The number of ether oxygens (including phenoxy) is 1. The minimum atomic E-state index is -0.584. The van der Waals surface area contributed by atoms with E-state index in [0.717, 1.165) is 6.07 Å². The van der Waals surface area contributed by atoms with Crippen molar-refractivity contribution in [2.24, 2.45) is 0 Å². The van der Waals surface area contributed by atoms with E-state index >= 15 is 0 Å². The van der Waals surface area contributed by atoms with Gasteiger partial charge in [-0.3, -0.25) is 0 Å². The molecule has 19 heavy (non-hydrogen) atoms. The summed E-state index contributed by atoms with van der Waals surface area (Å²) >= 11 is 0. The summed E-state index contributed by atoms with van der Waals surface area (Å²) in [5.41, 5.74) is 1.22. The van der Waals surface area contributed by atoms with Crippen molar-refractivity contribution in [1.29, 1.82) is 0 Å². The highest BCUT2D eigenvalue weighted by Crippen LogP contribution is 2.26.